The van der Waals surface area contributed by atoms with Crippen molar-refractivity contribution in [1.82, 2.24) is 0 Å². The summed E-state index contributed by atoms with van der Waals surface area (Å²) in [5, 5.41) is 21.1. The Morgan fingerprint density at radius 1 is 0.792 bits per heavy atom. The smallest absolute Gasteiger partial charge is 0.162 e. The fourth-order valence-electron chi connectivity index (χ4n) is 3.10. The van der Waals surface area contributed by atoms with E-state index in [1.165, 1.54) is 32.1 Å². The molecule has 0 aliphatic heterocycles. The summed E-state index contributed by atoms with van der Waals surface area (Å²) in [6, 6.07) is 0. The third kappa shape index (κ3) is 9.36. The monoisotopic (exact) mass is 344 g/mol. The van der Waals surface area contributed by atoms with Gasteiger partial charge in [0.15, 0.2) is 12.6 Å². The molecule has 1 fully saturated rings. The predicted molar refractivity (Wildman–Crippen MR) is 97.5 cm³/mol. The summed E-state index contributed by atoms with van der Waals surface area (Å²) in [5.74, 6) is 0.155. The molecule has 0 aromatic rings. The van der Waals surface area contributed by atoms with Gasteiger partial charge in [-0.25, -0.2) is 0 Å². The van der Waals surface area contributed by atoms with Crippen molar-refractivity contribution in [2.45, 2.75) is 92.6 Å². The summed E-state index contributed by atoms with van der Waals surface area (Å²) in [4.78, 5) is 0. The number of ether oxygens (including phenoxy) is 2. The third-order valence-corrected chi connectivity index (χ3v) is 4.44. The van der Waals surface area contributed by atoms with Crippen LogP contribution in [0.2, 0.25) is 0 Å². The van der Waals surface area contributed by atoms with Crippen LogP contribution in [0.1, 0.15) is 80.1 Å². The van der Waals surface area contributed by atoms with Gasteiger partial charge in [0.2, 0.25) is 0 Å². The zero-order chi connectivity index (χ0) is 18.4. The largest absolute Gasteiger partial charge is 0.368 e. The quantitative estimate of drug-likeness (QED) is 0.643. The Morgan fingerprint density at radius 2 is 1.21 bits per heavy atom. The first-order valence-electron chi connectivity index (χ1n) is 9.57. The summed E-state index contributed by atoms with van der Waals surface area (Å²) in [6.07, 6.45) is 4.93. The van der Waals surface area contributed by atoms with Crippen molar-refractivity contribution in [2.24, 2.45) is 22.7 Å². The Bertz CT molecular complexity index is 313. The summed E-state index contributed by atoms with van der Waals surface area (Å²) in [5.41, 5.74) is -0.0405. The van der Waals surface area contributed by atoms with E-state index in [1.54, 1.807) is 0 Å². The van der Waals surface area contributed by atoms with Crippen LogP contribution in [0, 0.1) is 22.7 Å². The first-order chi connectivity index (χ1) is 11.0. The molecule has 1 aliphatic carbocycles. The van der Waals surface area contributed by atoms with Gasteiger partial charge in [0.1, 0.15) is 0 Å². The molecule has 0 saturated heterocycles. The van der Waals surface area contributed by atoms with E-state index in [1.807, 2.05) is 0 Å². The van der Waals surface area contributed by atoms with E-state index >= 15 is 0 Å². The maximum absolute atomic E-state index is 10.5. The highest BCUT2D eigenvalue weighted by molar-refractivity contribution is 4.75. The Labute approximate surface area is 148 Å². The molecule has 0 heterocycles. The van der Waals surface area contributed by atoms with Crippen molar-refractivity contribution in [2.75, 3.05) is 13.2 Å². The van der Waals surface area contributed by atoms with Gasteiger partial charge in [-0.05, 0) is 23.2 Å². The van der Waals surface area contributed by atoms with E-state index in [-0.39, 0.29) is 10.8 Å². The molecule has 0 radical (unpaired) electrons. The Hall–Kier alpha value is -0.160. The van der Waals surface area contributed by atoms with Gasteiger partial charge in [-0.1, -0.05) is 73.6 Å². The van der Waals surface area contributed by atoms with Crippen molar-refractivity contribution in [3.63, 3.8) is 0 Å². The zero-order valence-electron chi connectivity index (χ0n) is 16.7. The molecule has 1 rings (SSSR count). The topological polar surface area (TPSA) is 58.9 Å². The molecule has 4 nitrogen and oxygen atoms in total. The lowest BCUT2D eigenvalue weighted by atomic mass is 9.82. The number of rotatable bonds is 8. The lowest BCUT2D eigenvalue weighted by Gasteiger charge is -2.34. The maximum atomic E-state index is 10.5. The molecule has 0 amide bonds. The first kappa shape index (κ1) is 21.9. The van der Waals surface area contributed by atoms with Crippen LogP contribution in [0.3, 0.4) is 0 Å². The van der Waals surface area contributed by atoms with Crippen LogP contribution < -0.4 is 0 Å². The van der Waals surface area contributed by atoms with Gasteiger partial charge in [-0.2, -0.15) is 0 Å². The SMILES string of the molecule is CC(C)(C)COC(O)C(CC1CCCCC1)C(O)OCC(C)(C)C. The fourth-order valence-corrected chi connectivity index (χ4v) is 3.10. The molecule has 0 aromatic carbocycles. The summed E-state index contributed by atoms with van der Waals surface area (Å²) in [6.45, 7) is 13.4. The normalized spacial score (nSPS) is 21.5. The van der Waals surface area contributed by atoms with E-state index in [4.69, 9.17) is 9.47 Å². The van der Waals surface area contributed by atoms with Crippen molar-refractivity contribution in [3.05, 3.63) is 0 Å². The van der Waals surface area contributed by atoms with Crippen LogP contribution >= 0.6 is 0 Å². The van der Waals surface area contributed by atoms with Crippen molar-refractivity contribution in [3.8, 4) is 0 Å². The minimum Gasteiger partial charge on any atom is -0.368 e. The third-order valence-electron chi connectivity index (χ3n) is 4.44. The molecule has 0 bridgehead atoms. The highest BCUT2D eigenvalue weighted by Crippen LogP contribution is 2.33. The Kier molecular flexibility index (Phi) is 8.67. The molecule has 24 heavy (non-hydrogen) atoms. The average molecular weight is 345 g/mol. The van der Waals surface area contributed by atoms with Gasteiger partial charge in [0.05, 0.1) is 19.1 Å². The number of aliphatic hydroxyl groups excluding tert-OH is 2. The summed E-state index contributed by atoms with van der Waals surface area (Å²) >= 11 is 0. The lowest BCUT2D eigenvalue weighted by molar-refractivity contribution is -0.234. The summed E-state index contributed by atoms with van der Waals surface area (Å²) < 4.78 is 11.4. The van der Waals surface area contributed by atoms with Gasteiger partial charge in [0, 0.05) is 0 Å². The standard InChI is InChI=1S/C20H40O4/c1-19(2,3)13-23-17(21)16(12-15-10-8-7-9-11-15)18(22)24-14-20(4,5)6/h15-18,21-22H,7-14H2,1-6H3. The second-order valence-corrected chi connectivity index (χ2v) is 9.93. The highest BCUT2D eigenvalue weighted by atomic mass is 16.6. The number of hydrogen-bond donors (Lipinski definition) is 2. The molecule has 1 saturated carbocycles. The van der Waals surface area contributed by atoms with Crippen molar-refractivity contribution in [1.29, 1.82) is 0 Å². The van der Waals surface area contributed by atoms with Crippen LogP contribution in [-0.2, 0) is 9.47 Å². The predicted octanol–water partition coefficient (Wildman–Crippen LogP) is 4.34. The highest BCUT2D eigenvalue weighted by Gasteiger charge is 2.33. The molecular formula is C20H40O4. The minimum absolute atomic E-state index is 0.0203. The molecule has 1 aliphatic rings. The average Bonchev–Trinajstić information content (AvgIpc) is 2.47. The van der Waals surface area contributed by atoms with Crippen molar-refractivity contribution < 1.29 is 19.7 Å². The van der Waals surface area contributed by atoms with Crippen LogP contribution in [-0.4, -0.2) is 36.0 Å². The molecule has 2 N–H and O–H groups in total. The fraction of sp³-hybridized carbons (Fsp3) is 1.00. The Balaban J connectivity index is 2.65. The zero-order valence-corrected chi connectivity index (χ0v) is 16.7. The van der Waals surface area contributed by atoms with E-state index in [0.29, 0.717) is 19.1 Å². The first-order valence-corrected chi connectivity index (χ1v) is 9.57. The summed E-state index contributed by atoms with van der Waals surface area (Å²) in [7, 11) is 0. The second kappa shape index (κ2) is 9.51. The van der Waals surface area contributed by atoms with Gasteiger partial charge in [-0.3, -0.25) is 0 Å². The maximum Gasteiger partial charge on any atom is 0.162 e. The van der Waals surface area contributed by atoms with E-state index < -0.39 is 18.5 Å². The van der Waals surface area contributed by atoms with E-state index in [2.05, 4.69) is 41.5 Å². The van der Waals surface area contributed by atoms with Crippen LogP contribution in [0.15, 0.2) is 0 Å². The van der Waals surface area contributed by atoms with E-state index in [0.717, 1.165) is 6.42 Å². The van der Waals surface area contributed by atoms with Crippen LogP contribution in [0.25, 0.3) is 0 Å². The van der Waals surface area contributed by atoms with Crippen LogP contribution in [0.4, 0.5) is 0 Å². The second-order valence-electron chi connectivity index (χ2n) is 9.93. The molecule has 2 unspecified atom stereocenters. The molecule has 144 valence electrons. The van der Waals surface area contributed by atoms with Gasteiger partial charge in [0.25, 0.3) is 0 Å². The van der Waals surface area contributed by atoms with E-state index in [9.17, 15) is 10.2 Å². The van der Waals surface area contributed by atoms with Crippen molar-refractivity contribution >= 4 is 0 Å². The molecule has 4 heteroatoms. The van der Waals surface area contributed by atoms with Gasteiger partial charge in [-0.15, -0.1) is 0 Å². The lowest BCUT2D eigenvalue weighted by Crippen LogP contribution is -2.39. The number of aliphatic hydroxyl groups is 2. The minimum atomic E-state index is -0.985. The van der Waals surface area contributed by atoms with Gasteiger partial charge < -0.3 is 19.7 Å². The molecule has 0 aromatic heterocycles. The van der Waals surface area contributed by atoms with Gasteiger partial charge >= 0.3 is 0 Å². The van der Waals surface area contributed by atoms with Crippen LogP contribution in [0.5, 0.6) is 0 Å². The molecular weight excluding hydrogens is 304 g/mol. The molecule has 0 spiro atoms. The number of hydrogen-bond acceptors (Lipinski definition) is 4. The Morgan fingerprint density at radius 3 is 1.58 bits per heavy atom. The molecule has 2 atom stereocenters.